The maximum atomic E-state index is 12.5. The summed E-state index contributed by atoms with van der Waals surface area (Å²) in [7, 11) is 0. The Balaban J connectivity index is 3.37. The van der Waals surface area contributed by atoms with Crippen molar-refractivity contribution in [3.63, 3.8) is 0 Å². The van der Waals surface area contributed by atoms with E-state index in [2.05, 4.69) is 55.6 Å². The molecule has 2 atom stereocenters. The summed E-state index contributed by atoms with van der Waals surface area (Å²) in [5.41, 5.74) is 0. The molecule has 2 unspecified atom stereocenters. The third kappa shape index (κ3) is 63.0. The molecule has 0 spiro atoms. The van der Waals surface area contributed by atoms with Crippen molar-refractivity contribution < 1.29 is 24.5 Å². The van der Waals surface area contributed by atoms with Gasteiger partial charge in [-0.15, -0.1) is 0 Å². The number of hydrogen-bond donors (Lipinski definition) is 3. The number of aliphatic hydroxyl groups is 2. The van der Waals surface area contributed by atoms with Gasteiger partial charge in [-0.05, 0) is 89.9 Å². The van der Waals surface area contributed by atoms with Gasteiger partial charge in [-0.3, -0.25) is 9.59 Å². The first-order valence-electron chi connectivity index (χ1n) is 34.9. The fourth-order valence-electron chi connectivity index (χ4n) is 10.7. The molecule has 0 heterocycles. The molecule has 6 nitrogen and oxygen atoms in total. The molecular weight excluding hydrogens is 959 g/mol. The lowest BCUT2D eigenvalue weighted by atomic mass is 10.0. The summed E-state index contributed by atoms with van der Waals surface area (Å²) in [6.07, 6.45) is 87.8. The van der Waals surface area contributed by atoms with Crippen molar-refractivity contribution in [1.29, 1.82) is 0 Å². The van der Waals surface area contributed by atoms with E-state index < -0.39 is 12.1 Å². The second-order valence-corrected chi connectivity index (χ2v) is 23.9. The van der Waals surface area contributed by atoms with E-state index in [1.807, 2.05) is 6.08 Å². The van der Waals surface area contributed by atoms with Gasteiger partial charge in [0.25, 0.3) is 0 Å². The van der Waals surface area contributed by atoms with Crippen molar-refractivity contribution in [2.75, 3.05) is 13.2 Å². The highest BCUT2D eigenvalue weighted by Crippen LogP contribution is 2.18. The average Bonchev–Trinajstić information content (AvgIpc) is 3.44. The van der Waals surface area contributed by atoms with Crippen LogP contribution in [-0.4, -0.2) is 47.4 Å². The number of carbonyl (C=O) groups excluding carboxylic acids is 2. The molecule has 0 aromatic rings. The number of esters is 1. The molecule has 0 saturated carbocycles. The van der Waals surface area contributed by atoms with Gasteiger partial charge in [-0.2, -0.15) is 0 Å². The summed E-state index contributed by atoms with van der Waals surface area (Å²) in [5, 5.41) is 23.1. The predicted octanol–water partition coefficient (Wildman–Crippen LogP) is 22.5. The minimum absolute atomic E-state index is 0.00830. The Morgan fingerprint density at radius 2 is 0.641 bits per heavy atom. The smallest absolute Gasteiger partial charge is 0.305 e. The molecule has 6 heteroatoms. The number of unbranched alkanes of at least 4 members (excludes halogenated alkanes) is 48. The first-order valence-corrected chi connectivity index (χ1v) is 34.9. The number of hydrogen-bond acceptors (Lipinski definition) is 5. The number of amides is 1. The number of allylic oxidation sites excluding steroid dienone is 7. The Kier molecular flexibility index (Phi) is 65.4. The van der Waals surface area contributed by atoms with Crippen LogP contribution in [0.5, 0.6) is 0 Å². The minimum atomic E-state index is -0.842. The van der Waals surface area contributed by atoms with E-state index in [1.165, 1.54) is 295 Å². The van der Waals surface area contributed by atoms with Gasteiger partial charge in [0, 0.05) is 12.8 Å². The Hall–Kier alpha value is -2.18. The van der Waals surface area contributed by atoms with Gasteiger partial charge in [0.15, 0.2) is 0 Å². The summed E-state index contributed by atoms with van der Waals surface area (Å²) >= 11 is 0. The molecule has 0 aliphatic carbocycles. The maximum absolute atomic E-state index is 12.5. The number of rotatable bonds is 65. The molecule has 0 rings (SSSR count). The third-order valence-electron chi connectivity index (χ3n) is 16.1. The van der Waals surface area contributed by atoms with Crippen molar-refractivity contribution >= 4 is 11.9 Å². The second kappa shape index (κ2) is 67.3. The Labute approximate surface area is 486 Å². The van der Waals surface area contributed by atoms with E-state index in [0.29, 0.717) is 19.4 Å². The van der Waals surface area contributed by atoms with Gasteiger partial charge >= 0.3 is 5.97 Å². The summed E-state index contributed by atoms with van der Waals surface area (Å²) < 4.78 is 5.47. The van der Waals surface area contributed by atoms with E-state index in [4.69, 9.17) is 4.74 Å². The molecule has 0 aliphatic heterocycles. The van der Waals surface area contributed by atoms with Gasteiger partial charge in [0.05, 0.1) is 25.4 Å². The van der Waals surface area contributed by atoms with Crippen LogP contribution < -0.4 is 5.32 Å². The van der Waals surface area contributed by atoms with E-state index in [-0.39, 0.29) is 18.5 Å². The Morgan fingerprint density at radius 1 is 0.359 bits per heavy atom. The fraction of sp³-hybridized carbons (Fsp3) is 0.861. The lowest BCUT2D eigenvalue weighted by Gasteiger charge is -2.20. The van der Waals surface area contributed by atoms with Crippen molar-refractivity contribution in [3.8, 4) is 0 Å². The van der Waals surface area contributed by atoms with Crippen molar-refractivity contribution in [3.05, 3.63) is 48.6 Å². The van der Waals surface area contributed by atoms with Crippen molar-refractivity contribution in [2.24, 2.45) is 0 Å². The lowest BCUT2D eigenvalue weighted by Crippen LogP contribution is -2.45. The van der Waals surface area contributed by atoms with Crippen molar-refractivity contribution in [1.82, 2.24) is 5.32 Å². The number of carbonyl (C=O) groups is 2. The standard InChI is InChI=1S/C72H135NO5/c1-3-5-7-9-11-13-15-44-48-52-56-60-64-70(75)69(68-74)73-71(76)65-61-57-53-49-45-42-40-38-36-34-32-30-28-26-24-22-20-18-17-19-21-23-25-27-29-31-33-35-37-39-41-43-47-51-55-59-63-67-78-72(77)66-62-58-54-50-46-16-14-12-10-8-6-4-2/h12,14,17,19,23,25,60,64,69-70,74-75H,3-11,13,15-16,18,20-22,24,26-59,61-63,65-68H2,1-2H3,(H,73,76)/b14-12-,19-17-,25-23-,64-60+. The predicted molar refractivity (Wildman–Crippen MR) is 342 cm³/mol. The molecule has 1 amide bonds. The van der Waals surface area contributed by atoms with Gasteiger partial charge in [0.2, 0.25) is 5.91 Å². The maximum Gasteiger partial charge on any atom is 0.305 e. The molecular formula is C72H135NO5. The molecule has 3 N–H and O–H groups in total. The fourth-order valence-corrected chi connectivity index (χ4v) is 10.7. The Morgan fingerprint density at radius 3 is 1.01 bits per heavy atom. The highest BCUT2D eigenvalue weighted by molar-refractivity contribution is 5.76. The topological polar surface area (TPSA) is 95.9 Å². The molecule has 0 aromatic heterocycles. The quantitative estimate of drug-likeness (QED) is 0.0320. The van der Waals surface area contributed by atoms with E-state index >= 15 is 0 Å². The number of ether oxygens (including phenoxy) is 1. The van der Waals surface area contributed by atoms with E-state index in [0.717, 1.165) is 51.4 Å². The molecule has 0 aromatic carbocycles. The van der Waals surface area contributed by atoms with E-state index in [9.17, 15) is 19.8 Å². The second-order valence-electron chi connectivity index (χ2n) is 23.9. The molecule has 0 radical (unpaired) electrons. The van der Waals surface area contributed by atoms with Crippen LogP contribution in [0.2, 0.25) is 0 Å². The first-order chi connectivity index (χ1) is 38.5. The van der Waals surface area contributed by atoms with Crippen LogP contribution in [0.1, 0.15) is 373 Å². The highest BCUT2D eigenvalue weighted by atomic mass is 16.5. The largest absolute Gasteiger partial charge is 0.466 e. The number of aliphatic hydroxyl groups excluding tert-OH is 2. The van der Waals surface area contributed by atoms with Crippen molar-refractivity contribution in [2.45, 2.75) is 386 Å². The summed E-state index contributed by atoms with van der Waals surface area (Å²) in [6.45, 7) is 4.89. The monoisotopic (exact) mass is 1090 g/mol. The SMILES string of the molecule is CCCCC/C=C\CCCCCCCC(=O)OCCCCCCCCCCCCCCC/C=C\C/C=C\CCCCCCCCCCCCCCCCCCCC(=O)NC(CO)C(O)/C=C/CCCCCCCCCCCC. The van der Waals surface area contributed by atoms with Gasteiger partial charge < -0.3 is 20.3 Å². The van der Waals surface area contributed by atoms with Gasteiger partial charge in [-0.25, -0.2) is 0 Å². The zero-order valence-electron chi connectivity index (χ0n) is 52.4. The third-order valence-corrected chi connectivity index (χ3v) is 16.1. The summed E-state index contributed by atoms with van der Waals surface area (Å²) in [5.74, 6) is -0.0566. The molecule has 0 aliphatic rings. The van der Waals surface area contributed by atoms with Crippen LogP contribution in [0, 0.1) is 0 Å². The average molecular weight is 1090 g/mol. The van der Waals surface area contributed by atoms with Gasteiger partial charge in [0.1, 0.15) is 0 Å². The lowest BCUT2D eigenvalue weighted by molar-refractivity contribution is -0.143. The number of nitrogens with one attached hydrogen (secondary N) is 1. The molecule has 0 bridgehead atoms. The van der Waals surface area contributed by atoms with Crippen LogP contribution in [0.25, 0.3) is 0 Å². The molecule has 0 saturated heterocycles. The first kappa shape index (κ1) is 75.8. The molecule has 78 heavy (non-hydrogen) atoms. The van der Waals surface area contributed by atoms with Crippen LogP contribution in [0.15, 0.2) is 48.6 Å². The summed E-state index contributed by atoms with van der Waals surface area (Å²) in [4.78, 5) is 24.5. The minimum Gasteiger partial charge on any atom is -0.466 e. The highest BCUT2D eigenvalue weighted by Gasteiger charge is 2.18. The zero-order chi connectivity index (χ0) is 56.4. The normalized spacial score (nSPS) is 12.8. The van der Waals surface area contributed by atoms with Crippen LogP contribution in [-0.2, 0) is 14.3 Å². The van der Waals surface area contributed by atoms with E-state index in [1.54, 1.807) is 6.08 Å². The zero-order valence-corrected chi connectivity index (χ0v) is 52.4. The van der Waals surface area contributed by atoms with Crippen LogP contribution >= 0.6 is 0 Å². The van der Waals surface area contributed by atoms with Crippen LogP contribution in [0.4, 0.5) is 0 Å². The van der Waals surface area contributed by atoms with Crippen LogP contribution in [0.3, 0.4) is 0 Å². The molecule has 0 fully saturated rings. The summed E-state index contributed by atoms with van der Waals surface area (Å²) in [6, 6.07) is -0.625. The van der Waals surface area contributed by atoms with Gasteiger partial charge in [-0.1, -0.05) is 319 Å². The Bertz CT molecular complexity index is 1310. The molecule has 458 valence electrons.